The van der Waals surface area contributed by atoms with Crippen LogP contribution >= 0.6 is 0 Å². The summed E-state index contributed by atoms with van der Waals surface area (Å²) in [6.45, 7) is 2.78. The third-order valence-electron chi connectivity index (χ3n) is 2.10. The van der Waals surface area contributed by atoms with Crippen LogP contribution in [0.4, 0.5) is 0 Å². The molecule has 70 valence electrons. The predicted molar refractivity (Wildman–Crippen MR) is 47.7 cm³/mol. The second-order valence-electron chi connectivity index (χ2n) is 3.21. The molecule has 1 rings (SSSR count). The molecule has 1 heterocycles. The van der Waals surface area contributed by atoms with Gasteiger partial charge in [-0.25, -0.2) is 0 Å². The number of hydrogen-bond acceptors (Lipinski definition) is 3. The van der Waals surface area contributed by atoms with Gasteiger partial charge in [-0.05, 0) is 19.4 Å². The van der Waals surface area contributed by atoms with Crippen molar-refractivity contribution < 1.29 is 4.79 Å². The summed E-state index contributed by atoms with van der Waals surface area (Å²) < 4.78 is 0. The Hall–Kier alpha value is -0.610. The van der Waals surface area contributed by atoms with E-state index in [0.717, 1.165) is 13.1 Å². The summed E-state index contributed by atoms with van der Waals surface area (Å²) >= 11 is 0. The van der Waals surface area contributed by atoms with Crippen LogP contribution in [0.5, 0.6) is 0 Å². The fraction of sp³-hybridized carbons (Fsp3) is 0.875. The Balaban J connectivity index is 1.91. The molecule has 0 spiro atoms. The minimum Gasteiger partial charge on any atom is -0.370 e. The number of rotatable bonds is 5. The predicted octanol–water partition coefficient (Wildman–Crippen LogP) is -0.797. The zero-order valence-electron chi connectivity index (χ0n) is 7.31. The Morgan fingerprint density at radius 3 is 3.08 bits per heavy atom. The summed E-state index contributed by atoms with van der Waals surface area (Å²) in [5.41, 5.74) is 4.99. The van der Waals surface area contributed by atoms with E-state index in [4.69, 9.17) is 5.73 Å². The molecular weight excluding hydrogens is 154 g/mol. The van der Waals surface area contributed by atoms with Gasteiger partial charge in [0.1, 0.15) is 0 Å². The second-order valence-corrected chi connectivity index (χ2v) is 3.21. The van der Waals surface area contributed by atoms with E-state index in [1.54, 1.807) is 0 Å². The third kappa shape index (κ3) is 3.69. The second kappa shape index (κ2) is 5.11. The molecule has 4 heteroatoms. The summed E-state index contributed by atoms with van der Waals surface area (Å²) in [5, 5.41) is 6.56. The molecule has 0 saturated carbocycles. The van der Waals surface area contributed by atoms with Gasteiger partial charge in [0.15, 0.2) is 0 Å². The van der Waals surface area contributed by atoms with Crippen molar-refractivity contribution in [3.63, 3.8) is 0 Å². The zero-order valence-corrected chi connectivity index (χ0v) is 7.31. The summed E-state index contributed by atoms with van der Waals surface area (Å²) in [7, 11) is 0. The molecule has 1 fully saturated rings. The molecule has 4 N–H and O–H groups in total. The minimum absolute atomic E-state index is 0.234. The number of nitrogens with one attached hydrogen (secondary N) is 2. The van der Waals surface area contributed by atoms with Gasteiger partial charge >= 0.3 is 0 Å². The first-order chi connectivity index (χ1) is 5.79. The van der Waals surface area contributed by atoms with Gasteiger partial charge in [0, 0.05) is 25.6 Å². The summed E-state index contributed by atoms with van der Waals surface area (Å²) in [5.74, 6) is -0.234. The molecular formula is C8H17N3O. The lowest BCUT2D eigenvalue weighted by molar-refractivity contribution is -0.117. The van der Waals surface area contributed by atoms with E-state index in [-0.39, 0.29) is 5.91 Å². The first-order valence-electron chi connectivity index (χ1n) is 4.51. The van der Waals surface area contributed by atoms with Gasteiger partial charge in [-0.3, -0.25) is 4.79 Å². The first kappa shape index (κ1) is 9.48. The highest BCUT2D eigenvalue weighted by molar-refractivity contribution is 5.73. The molecule has 1 amide bonds. The van der Waals surface area contributed by atoms with Crippen LogP contribution in [0.3, 0.4) is 0 Å². The number of carbonyl (C=O) groups excluding carboxylic acids is 1. The number of amides is 1. The van der Waals surface area contributed by atoms with Crippen molar-refractivity contribution in [2.75, 3.05) is 19.6 Å². The lowest BCUT2D eigenvalue weighted by atomic mass is 10.2. The van der Waals surface area contributed by atoms with Gasteiger partial charge in [-0.1, -0.05) is 0 Å². The van der Waals surface area contributed by atoms with E-state index in [9.17, 15) is 4.79 Å². The van der Waals surface area contributed by atoms with Crippen LogP contribution in [0.25, 0.3) is 0 Å². The number of carbonyl (C=O) groups is 1. The highest BCUT2D eigenvalue weighted by Crippen LogP contribution is 2.02. The molecule has 1 atom stereocenters. The van der Waals surface area contributed by atoms with Crippen molar-refractivity contribution in [2.24, 2.45) is 5.73 Å². The van der Waals surface area contributed by atoms with E-state index in [0.29, 0.717) is 19.0 Å². The summed E-state index contributed by atoms with van der Waals surface area (Å²) in [6, 6.07) is 0.595. The highest BCUT2D eigenvalue weighted by Gasteiger charge is 2.12. The van der Waals surface area contributed by atoms with Crippen LogP contribution in [0.15, 0.2) is 0 Å². The summed E-state index contributed by atoms with van der Waals surface area (Å²) in [4.78, 5) is 10.4. The molecule has 0 aromatic carbocycles. The maximum Gasteiger partial charge on any atom is 0.218 e. The van der Waals surface area contributed by atoms with Crippen LogP contribution < -0.4 is 16.4 Å². The number of nitrogens with two attached hydrogens (primary N) is 1. The Labute approximate surface area is 72.9 Å². The quantitative estimate of drug-likeness (QED) is 0.475. The SMILES string of the molecule is NC(=O)CCNCC1CCCN1. The lowest BCUT2D eigenvalue weighted by Gasteiger charge is -2.10. The van der Waals surface area contributed by atoms with Crippen LogP contribution in [0.2, 0.25) is 0 Å². The van der Waals surface area contributed by atoms with E-state index in [2.05, 4.69) is 10.6 Å². The number of primary amides is 1. The molecule has 1 saturated heterocycles. The van der Waals surface area contributed by atoms with Crippen LogP contribution in [-0.4, -0.2) is 31.6 Å². The molecule has 1 aliphatic heterocycles. The molecule has 0 radical (unpaired) electrons. The Morgan fingerprint density at radius 1 is 1.67 bits per heavy atom. The molecule has 1 aliphatic rings. The van der Waals surface area contributed by atoms with Crippen molar-refractivity contribution in [2.45, 2.75) is 25.3 Å². The van der Waals surface area contributed by atoms with Crippen molar-refractivity contribution >= 4 is 5.91 Å². The van der Waals surface area contributed by atoms with Crippen molar-refractivity contribution in [1.29, 1.82) is 0 Å². The largest absolute Gasteiger partial charge is 0.370 e. The van der Waals surface area contributed by atoms with Crippen LogP contribution in [-0.2, 0) is 4.79 Å². The normalized spacial score (nSPS) is 22.8. The van der Waals surface area contributed by atoms with Crippen molar-refractivity contribution in [1.82, 2.24) is 10.6 Å². The van der Waals surface area contributed by atoms with Gasteiger partial charge in [-0.2, -0.15) is 0 Å². The van der Waals surface area contributed by atoms with E-state index >= 15 is 0 Å². The van der Waals surface area contributed by atoms with Gasteiger partial charge in [-0.15, -0.1) is 0 Å². The molecule has 4 nitrogen and oxygen atoms in total. The van der Waals surface area contributed by atoms with E-state index in [1.165, 1.54) is 12.8 Å². The molecule has 0 aromatic rings. The zero-order chi connectivity index (χ0) is 8.81. The molecule has 0 aliphatic carbocycles. The molecule has 1 unspecified atom stereocenters. The smallest absolute Gasteiger partial charge is 0.218 e. The maximum absolute atomic E-state index is 10.4. The minimum atomic E-state index is -0.234. The van der Waals surface area contributed by atoms with Gasteiger partial charge < -0.3 is 16.4 Å². The fourth-order valence-corrected chi connectivity index (χ4v) is 1.42. The molecule has 0 aromatic heterocycles. The fourth-order valence-electron chi connectivity index (χ4n) is 1.42. The number of hydrogen-bond donors (Lipinski definition) is 3. The average molecular weight is 171 g/mol. The van der Waals surface area contributed by atoms with Crippen molar-refractivity contribution in [3.8, 4) is 0 Å². The standard InChI is InChI=1S/C8H17N3O/c9-8(12)3-5-10-6-7-2-1-4-11-7/h7,10-11H,1-6H2,(H2,9,12). The van der Waals surface area contributed by atoms with E-state index < -0.39 is 0 Å². The Morgan fingerprint density at radius 2 is 2.50 bits per heavy atom. The molecule has 0 bridgehead atoms. The monoisotopic (exact) mass is 171 g/mol. The van der Waals surface area contributed by atoms with Crippen LogP contribution in [0, 0.1) is 0 Å². The van der Waals surface area contributed by atoms with Gasteiger partial charge in [0.25, 0.3) is 0 Å². The van der Waals surface area contributed by atoms with Crippen LogP contribution in [0.1, 0.15) is 19.3 Å². The lowest BCUT2D eigenvalue weighted by Crippen LogP contribution is -2.35. The topological polar surface area (TPSA) is 67.2 Å². The van der Waals surface area contributed by atoms with Crippen molar-refractivity contribution in [3.05, 3.63) is 0 Å². The average Bonchev–Trinajstić information content (AvgIpc) is 2.49. The highest BCUT2D eigenvalue weighted by atomic mass is 16.1. The Kier molecular flexibility index (Phi) is 4.04. The third-order valence-corrected chi connectivity index (χ3v) is 2.10. The molecule has 12 heavy (non-hydrogen) atoms. The van der Waals surface area contributed by atoms with E-state index in [1.807, 2.05) is 0 Å². The van der Waals surface area contributed by atoms with Gasteiger partial charge in [0.05, 0.1) is 0 Å². The van der Waals surface area contributed by atoms with Gasteiger partial charge in [0.2, 0.25) is 5.91 Å². The summed E-state index contributed by atoms with van der Waals surface area (Å²) in [6.07, 6.45) is 2.94. The maximum atomic E-state index is 10.4. The first-order valence-corrected chi connectivity index (χ1v) is 4.51. The Bertz CT molecular complexity index is 143.